The predicted molar refractivity (Wildman–Crippen MR) is 217 cm³/mol. The molecule has 310 valence electrons. The second-order valence-electron chi connectivity index (χ2n) is 15.4. The summed E-state index contributed by atoms with van der Waals surface area (Å²) in [6.45, 7) is 9.86. The van der Waals surface area contributed by atoms with E-state index in [-0.39, 0.29) is 31.9 Å². The maximum absolute atomic E-state index is 14.3. The third-order valence-electron chi connectivity index (χ3n) is 9.07. The molecule has 0 aliphatic rings. The van der Waals surface area contributed by atoms with Crippen LogP contribution < -0.4 is 15.4 Å². The Labute approximate surface area is 337 Å². The second kappa shape index (κ2) is 22.8. The van der Waals surface area contributed by atoms with Crippen molar-refractivity contribution < 1.29 is 42.9 Å². The number of nitrogens with zero attached hydrogens (tertiary/aromatic N) is 2. The number of methoxy groups -OCH3 is 1. The van der Waals surface area contributed by atoms with Crippen molar-refractivity contribution in [3.8, 4) is 5.75 Å². The molecule has 13 nitrogen and oxygen atoms in total. The summed E-state index contributed by atoms with van der Waals surface area (Å²) in [5, 5.41) is 5.41. The molecule has 13 heteroatoms. The lowest BCUT2D eigenvalue weighted by atomic mass is 9.98. The molecule has 3 rings (SSSR count). The zero-order chi connectivity index (χ0) is 42.0. The van der Waals surface area contributed by atoms with Crippen molar-refractivity contribution in [1.29, 1.82) is 0 Å². The van der Waals surface area contributed by atoms with Crippen molar-refractivity contribution in [2.45, 2.75) is 104 Å². The molecule has 3 atom stereocenters. The van der Waals surface area contributed by atoms with E-state index in [9.17, 15) is 24.0 Å². The number of hydrogen-bond donors (Lipinski definition) is 2. The molecule has 0 aromatic heterocycles. The van der Waals surface area contributed by atoms with Gasteiger partial charge in [-0.05, 0) is 81.2 Å². The van der Waals surface area contributed by atoms with Crippen LogP contribution in [0.25, 0.3) is 0 Å². The van der Waals surface area contributed by atoms with E-state index < -0.39 is 53.7 Å². The molecule has 0 aliphatic heterocycles. The number of alkyl carbamates (subject to hydrolysis) is 2. The normalized spacial score (nSPS) is 12.7. The number of rotatable bonds is 20. The smallest absolute Gasteiger partial charge is 0.408 e. The van der Waals surface area contributed by atoms with Gasteiger partial charge < -0.3 is 39.4 Å². The third-order valence-corrected chi connectivity index (χ3v) is 9.07. The molecule has 0 spiro atoms. The molecule has 0 saturated heterocycles. The monoisotopic (exact) mass is 788 g/mol. The number of hydrogen-bond acceptors (Lipinski definition) is 9. The Kier molecular flexibility index (Phi) is 18.3. The minimum absolute atomic E-state index is 0.00686. The maximum atomic E-state index is 14.3. The molecule has 0 bridgehead atoms. The Morgan fingerprint density at radius 3 is 1.84 bits per heavy atom. The first-order valence-electron chi connectivity index (χ1n) is 19.4. The van der Waals surface area contributed by atoms with Gasteiger partial charge in [-0.25, -0.2) is 14.4 Å². The van der Waals surface area contributed by atoms with Gasteiger partial charge >= 0.3 is 18.2 Å². The molecule has 2 N–H and O–H groups in total. The zero-order valence-electron chi connectivity index (χ0n) is 34.6. The van der Waals surface area contributed by atoms with Crippen LogP contribution in [0.5, 0.6) is 5.75 Å². The highest BCUT2D eigenvalue weighted by atomic mass is 16.6. The summed E-state index contributed by atoms with van der Waals surface area (Å²) in [5.74, 6) is -0.899. The minimum Gasteiger partial charge on any atom is -0.489 e. The van der Waals surface area contributed by atoms with Crippen LogP contribution in [0.3, 0.4) is 0 Å². The summed E-state index contributed by atoms with van der Waals surface area (Å²) in [6, 6.07) is 23.4. The quantitative estimate of drug-likeness (QED) is 0.0727. The van der Waals surface area contributed by atoms with Crippen LogP contribution in [0.1, 0.15) is 77.0 Å². The first-order valence-corrected chi connectivity index (χ1v) is 19.4. The SMILES string of the molecule is COC(=O)[C@H](Cc1ccc(OCc2ccccc2)cc1)N(C)C(=O)[C@H](CC(C)C)N(C)C(=O)[C@H](CCCCNC(=O)OCc1ccccc1)NC(=O)OC(C)(C)C. The van der Waals surface area contributed by atoms with Crippen molar-refractivity contribution in [2.75, 3.05) is 27.7 Å². The van der Waals surface area contributed by atoms with Gasteiger partial charge in [0.25, 0.3) is 0 Å². The summed E-state index contributed by atoms with van der Waals surface area (Å²) in [5.41, 5.74) is 1.86. The predicted octanol–water partition coefficient (Wildman–Crippen LogP) is 6.67. The Balaban J connectivity index is 1.70. The Bertz CT molecular complexity index is 1710. The van der Waals surface area contributed by atoms with Gasteiger partial charge in [-0.1, -0.05) is 86.6 Å². The van der Waals surface area contributed by atoms with Gasteiger partial charge in [-0.3, -0.25) is 9.59 Å². The first-order chi connectivity index (χ1) is 27.1. The van der Waals surface area contributed by atoms with Crippen molar-refractivity contribution in [2.24, 2.45) is 5.92 Å². The van der Waals surface area contributed by atoms with Crippen molar-refractivity contribution in [1.82, 2.24) is 20.4 Å². The fraction of sp³-hybridized carbons (Fsp3) is 0.477. The van der Waals surface area contributed by atoms with E-state index >= 15 is 0 Å². The van der Waals surface area contributed by atoms with E-state index in [1.807, 2.05) is 98.8 Å². The van der Waals surface area contributed by atoms with E-state index in [4.69, 9.17) is 18.9 Å². The van der Waals surface area contributed by atoms with Crippen LogP contribution >= 0.6 is 0 Å². The van der Waals surface area contributed by atoms with E-state index in [2.05, 4.69) is 10.6 Å². The number of amides is 4. The van der Waals surface area contributed by atoms with Crippen LogP contribution in [0.4, 0.5) is 9.59 Å². The molecule has 0 saturated carbocycles. The molecular weight excluding hydrogens is 729 g/mol. The lowest BCUT2D eigenvalue weighted by molar-refractivity contribution is -0.155. The molecule has 0 aliphatic carbocycles. The van der Waals surface area contributed by atoms with Gasteiger partial charge in [0, 0.05) is 27.1 Å². The molecule has 0 heterocycles. The number of carbonyl (C=O) groups excluding carboxylic acids is 5. The number of carbonyl (C=O) groups is 5. The van der Waals surface area contributed by atoms with Gasteiger partial charge in [0.05, 0.1) is 7.11 Å². The molecule has 3 aromatic rings. The lowest BCUT2D eigenvalue weighted by Gasteiger charge is -2.36. The van der Waals surface area contributed by atoms with E-state index in [0.29, 0.717) is 31.6 Å². The van der Waals surface area contributed by atoms with Gasteiger partial charge in [0.1, 0.15) is 42.7 Å². The van der Waals surface area contributed by atoms with Crippen LogP contribution in [0, 0.1) is 5.92 Å². The fourth-order valence-electron chi connectivity index (χ4n) is 6.00. The molecule has 0 unspecified atom stereocenters. The summed E-state index contributed by atoms with van der Waals surface area (Å²) in [4.78, 5) is 69.6. The Hall–Kier alpha value is -5.59. The number of ether oxygens (including phenoxy) is 4. The number of nitrogens with one attached hydrogen (secondary N) is 2. The molecule has 0 radical (unpaired) electrons. The first kappa shape index (κ1) is 45.8. The highest BCUT2D eigenvalue weighted by Gasteiger charge is 2.38. The summed E-state index contributed by atoms with van der Waals surface area (Å²) >= 11 is 0. The average molecular weight is 789 g/mol. The van der Waals surface area contributed by atoms with Crippen LogP contribution in [0.15, 0.2) is 84.9 Å². The molecular formula is C44H60N4O9. The zero-order valence-corrected chi connectivity index (χ0v) is 34.6. The largest absolute Gasteiger partial charge is 0.489 e. The minimum atomic E-state index is -1.04. The summed E-state index contributed by atoms with van der Waals surface area (Å²) < 4.78 is 21.8. The molecule has 57 heavy (non-hydrogen) atoms. The van der Waals surface area contributed by atoms with Gasteiger partial charge in [-0.2, -0.15) is 0 Å². The number of esters is 1. The van der Waals surface area contributed by atoms with Gasteiger partial charge in [0.2, 0.25) is 11.8 Å². The average Bonchev–Trinajstić information content (AvgIpc) is 3.18. The standard InChI is InChI=1S/C44H60N4O9/c1-31(2)27-37(40(50)48(7)38(41(51)54-8)28-32-22-24-35(25-23-32)55-29-33-17-11-9-12-18-33)47(6)39(49)36(46-43(53)57-44(3,4)5)21-15-16-26-45-42(52)56-30-34-19-13-10-14-20-34/h9-14,17-20,22-25,31,36-38H,15-16,21,26-30H2,1-8H3,(H,45,52)(H,46,53)/t36-,37-,38-/m0/s1. The molecule has 0 fully saturated rings. The molecule has 3 aromatic carbocycles. The number of likely N-dealkylation sites (N-methyl/N-ethyl adjacent to an activating group) is 2. The summed E-state index contributed by atoms with van der Waals surface area (Å²) in [6.07, 6.45) is 0.259. The van der Waals surface area contributed by atoms with Crippen LogP contribution in [-0.4, -0.2) is 91.2 Å². The van der Waals surface area contributed by atoms with Crippen LogP contribution in [0.2, 0.25) is 0 Å². The second-order valence-corrected chi connectivity index (χ2v) is 15.4. The van der Waals surface area contributed by atoms with E-state index in [1.165, 1.54) is 31.0 Å². The summed E-state index contributed by atoms with van der Waals surface area (Å²) in [7, 11) is 4.32. The van der Waals surface area contributed by atoms with Crippen LogP contribution in [-0.2, 0) is 48.2 Å². The molecule has 4 amide bonds. The fourth-order valence-corrected chi connectivity index (χ4v) is 6.00. The topological polar surface area (TPSA) is 153 Å². The van der Waals surface area contributed by atoms with Crippen molar-refractivity contribution in [3.63, 3.8) is 0 Å². The maximum Gasteiger partial charge on any atom is 0.408 e. The van der Waals surface area contributed by atoms with Gasteiger partial charge in [0.15, 0.2) is 0 Å². The number of unbranched alkanes of at least 4 members (excludes halogenated alkanes) is 1. The Morgan fingerprint density at radius 2 is 1.28 bits per heavy atom. The van der Waals surface area contributed by atoms with E-state index in [0.717, 1.165) is 16.7 Å². The highest BCUT2D eigenvalue weighted by molar-refractivity contribution is 5.93. The number of benzene rings is 3. The van der Waals surface area contributed by atoms with Gasteiger partial charge in [-0.15, -0.1) is 0 Å². The Morgan fingerprint density at radius 1 is 0.702 bits per heavy atom. The van der Waals surface area contributed by atoms with Crippen molar-refractivity contribution in [3.05, 3.63) is 102 Å². The van der Waals surface area contributed by atoms with Crippen molar-refractivity contribution >= 4 is 30.0 Å². The van der Waals surface area contributed by atoms with E-state index in [1.54, 1.807) is 20.8 Å². The lowest BCUT2D eigenvalue weighted by Crippen LogP contribution is -2.57. The third kappa shape index (κ3) is 16.2. The highest BCUT2D eigenvalue weighted by Crippen LogP contribution is 2.21.